The molecule has 0 aromatic heterocycles. The second kappa shape index (κ2) is 6.15. The number of nitrogens with one attached hydrogen (secondary N) is 1. The third-order valence-corrected chi connectivity index (χ3v) is 2.94. The lowest BCUT2D eigenvalue weighted by Gasteiger charge is -2.23. The molecule has 0 aliphatic rings. The van der Waals surface area contributed by atoms with E-state index in [2.05, 4.69) is 5.32 Å². The molecule has 1 rings (SSSR count). The number of carbonyl (C=O) groups is 2. The quantitative estimate of drug-likeness (QED) is 0.878. The van der Waals surface area contributed by atoms with E-state index in [1.807, 2.05) is 0 Å². The number of amides is 1. The van der Waals surface area contributed by atoms with Gasteiger partial charge in [-0.25, -0.2) is 0 Å². The third-order valence-electron chi connectivity index (χ3n) is 2.94. The molecule has 0 unspecified atom stereocenters. The van der Waals surface area contributed by atoms with E-state index in [0.29, 0.717) is 5.56 Å². The van der Waals surface area contributed by atoms with Crippen LogP contribution in [0.25, 0.3) is 0 Å². The van der Waals surface area contributed by atoms with Crippen LogP contribution in [0.1, 0.15) is 25.0 Å². The molecule has 2 N–H and O–H groups in total. The maximum atomic E-state index is 12.4. The van der Waals surface area contributed by atoms with E-state index in [4.69, 9.17) is 5.11 Å². The lowest BCUT2D eigenvalue weighted by molar-refractivity contribution is -0.139. The van der Waals surface area contributed by atoms with Crippen molar-refractivity contribution in [3.63, 3.8) is 0 Å². The molecule has 1 aromatic carbocycles. The van der Waals surface area contributed by atoms with Crippen LogP contribution < -0.4 is 5.32 Å². The Morgan fingerprint density at radius 1 is 1.14 bits per heavy atom. The summed E-state index contributed by atoms with van der Waals surface area (Å²) in [4.78, 5) is 22.2. The molecule has 0 spiro atoms. The Hall–Kier alpha value is -2.05. The van der Waals surface area contributed by atoms with Crippen molar-refractivity contribution >= 4 is 11.9 Å². The average molecular weight is 303 g/mol. The van der Waals surface area contributed by atoms with Crippen LogP contribution >= 0.6 is 0 Å². The molecule has 0 bridgehead atoms. The largest absolute Gasteiger partial charge is 0.480 e. The number of hydrogen-bond donors (Lipinski definition) is 2. The average Bonchev–Trinajstić information content (AvgIpc) is 2.34. The highest BCUT2D eigenvalue weighted by Gasteiger charge is 2.31. The Bertz CT molecular complexity index is 521. The fraction of sp³-hybridized carbons (Fsp3) is 0.429. The second-order valence-electron chi connectivity index (χ2n) is 5.33. The van der Waals surface area contributed by atoms with Crippen molar-refractivity contribution in [1.29, 1.82) is 0 Å². The molecule has 0 heterocycles. The number of hydrogen-bond acceptors (Lipinski definition) is 2. The minimum atomic E-state index is -4.40. The number of benzene rings is 1. The van der Waals surface area contributed by atoms with E-state index in [0.717, 1.165) is 12.1 Å². The predicted octanol–water partition coefficient (Wildman–Crippen LogP) is 2.47. The van der Waals surface area contributed by atoms with Gasteiger partial charge in [-0.15, -0.1) is 0 Å². The Balaban J connectivity index is 2.75. The molecule has 0 atom stereocenters. The molecule has 1 aromatic rings. The molecular weight excluding hydrogens is 287 g/mol. The zero-order valence-corrected chi connectivity index (χ0v) is 11.6. The van der Waals surface area contributed by atoms with Crippen LogP contribution in [-0.2, 0) is 22.2 Å². The molecule has 0 aliphatic heterocycles. The number of halogens is 3. The molecule has 0 saturated carbocycles. The molecule has 1 amide bonds. The Kier molecular flexibility index (Phi) is 4.98. The number of alkyl halides is 3. The van der Waals surface area contributed by atoms with Gasteiger partial charge >= 0.3 is 12.1 Å². The van der Waals surface area contributed by atoms with Gasteiger partial charge in [0.2, 0.25) is 5.91 Å². The van der Waals surface area contributed by atoms with E-state index in [-0.39, 0.29) is 6.42 Å². The minimum Gasteiger partial charge on any atom is -0.480 e. The van der Waals surface area contributed by atoms with Crippen LogP contribution in [0.4, 0.5) is 13.2 Å². The molecule has 116 valence electrons. The molecule has 0 radical (unpaired) electrons. The minimum absolute atomic E-state index is 0.205. The van der Waals surface area contributed by atoms with Gasteiger partial charge in [-0.3, -0.25) is 9.59 Å². The highest BCUT2D eigenvalue weighted by atomic mass is 19.4. The van der Waals surface area contributed by atoms with E-state index >= 15 is 0 Å². The van der Waals surface area contributed by atoms with Crippen molar-refractivity contribution in [2.45, 2.75) is 26.4 Å². The molecule has 7 heteroatoms. The van der Waals surface area contributed by atoms with Gasteiger partial charge in [0.1, 0.15) is 6.54 Å². The zero-order chi connectivity index (χ0) is 16.3. The van der Waals surface area contributed by atoms with E-state index < -0.39 is 35.6 Å². The molecule has 4 nitrogen and oxygen atoms in total. The number of rotatable bonds is 5. The van der Waals surface area contributed by atoms with Crippen molar-refractivity contribution < 1.29 is 27.9 Å². The zero-order valence-electron chi connectivity index (χ0n) is 11.6. The van der Waals surface area contributed by atoms with Crippen molar-refractivity contribution in [3.05, 3.63) is 35.4 Å². The first kappa shape index (κ1) is 17.0. The maximum absolute atomic E-state index is 12.4. The number of aliphatic carboxylic acids is 1. The SMILES string of the molecule is CC(C)(Cc1ccc(C(F)(F)F)cc1)C(=O)NCC(=O)O. The monoisotopic (exact) mass is 303 g/mol. The van der Waals surface area contributed by atoms with Gasteiger partial charge in [-0.05, 0) is 24.1 Å². The van der Waals surface area contributed by atoms with Gasteiger partial charge < -0.3 is 10.4 Å². The second-order valence-corrected chi connectivity index (χ2v) is 5.33. The Labute approximate surface area is 120 Å². The molecule has 0 aliphatic carbocycles. The van der Waals surface area contributed by atoms with Crippen molar-refractivity contribution in [1.82, 2.24) is 5.32 Å². The fourth-order valence-corrected chi connectivity index (χ4v) is 1.80. The summed E-state index contributed by atoms with van der Waals surface area (Å²) < 4.78 is 37.3. The third kappa shape index (κ3) is 5.09. The van der Waals surface area contributed by atoms with Gasteiger partial charge in [0.05, 0.1) is 5.56 Å². The lowest BCUT2D eigenvalue weighted by Crippen LogP contribution is -2.40. The van der Waals surface area contributed by atoms with E-state index in [9.17, 15) is 22.8 Å². The Morgan fingerprint density at radius 2 is 1.67 bits per heavy atom. The van der Waals surface area contributed by atoms with Crippen LogP contribution in [0.5, 0.6) is 0 Å². The first-order chi connectivity index (χ1) is 9.52. The summed E-state index contributed by atoms with van der Waals surface area (Å²) in [5, 5.41) is 10.8. The van der Waals surface area contributed by atoms with Gasteiger partial charge in [0.25, 0.3) is 0 Å². The summed E-state index contributed by atoms with van der Waals surface area (Å²) in [7, 11) is 0. The summed E-state index contributed by atoms with van der Waals surface area (Å²) >= 11 is 0. The van der Waals surface area contributed by atoms with Crippen molar-refractivity contribution in [2.24, 2.45) is 5.41 Å². The standard InChI is InChI=1S/C14H16F3NO3/c1-13(2,12(21)18-8-11(19)20)7-9-3-5-10(6-4-9)14(15,16)17/h3-6H,7-8H2,1-2H3,(H,18,21)(H,19,20). The highest BCUT2D eigenvalue weighted by Crippen LogP contribution is 2.30. The van der Waals surface area contributed by atoms with Gasteiger partial charge in [-0.2, -0.15) is 13.2 Å². The smallest absolute Gasteiger partial charge is 0.416 e. The summed E-state index contributed by atoms with van der Waals surface area (Å²) in [6.07, 6.45) is -4.19. The van der Waals surface area contributed by atoms with Crippen molar-refractivity contribution in [2.75, 3.05) is 6.54 Å². The first-order valence-electron chi connectivity index (χ1n) is 6.18. The lowest BCUT2D eigenvalue weighted by atomic mass is 9.84. The van der Waals surface area contributed by atoms with Crippen LogP contribution in [0, 0.1) is 5.41 Å². The van der Waals surface area contributed by atoms with Gasteiger partial charge in [0, 0.05) is 5.41 Å². The first-order valence-corrected chi connectivity index (χ1v) is 6.18. The molecule has 0 fully saturated rings. The summed E-state index contributed by atoms with van der Waals surface area (Å²) in [5.41, 5.74) is -1.10. The summed E-state index contributed by atoms with van der Waals surface area (Å²) in [6.45, 7) is 2.71. The highest BCUT2D eigenvalue weighted by molar-refractivity contribution is 5.85. The summed E-state index contributed by atoms with van der Waals surface area (Å²) in [5.74, 6) is -1.63. The normalized spacial score (nSPS) is 12.0. The number of carboxylic acid groups (broad SMARTS) is 1. The molecule has 0 saturated heterocycles. The topological polar surface area (TPSA) is 66.4 Å². The molecule has 21 heavy (non-hydrogen) atoms. The van der Waals surface area contributed by atoms with Gasteiger partial charge in [0.15, 0.2) is 0 Å². The van der Waals surface area contributed by atoms with E-state index in [1.165, 1.54) is 12.1 Å². The molecular formula is C14H16F3NO3. The van der Waals surface area contributed by atoms with Crippen LogP contribution in [0.15, 0.2) is 24.3 Å². The van der Waals surface area contributed by atoms with Crippen molar-refractivity contribution in [3.8, 4) is 0 Å². The maximum Gasteiger partial charge on any atom is 0.416 e. The number of carboxylic acids is 1. The summed E-state index contributed by atoms with van der Waals surface area (Å²) in [6, 6.07) is 4.55. The van der Waals surface area contributed by atoms with Gasteiger partial charge in [-0.1, -0.05) is 26.0 Å². The van der Waals surface area contributed by atoms with Crippen LogP contribution in [0.2, 0.25) is 0 Å². The fourth-order valence-electron chi connectivity index (χ4n) is 1.80. The van der Waals surface area contributed by atoms with Crippen LogP contribution in [-0.4, -0.2) is 23.5 Å². The van der Waals surface area contributed by atoms with Crippen LogP contribution in [0.3, 0.4) is 0 Å². The predicted molar refractivity (Wildman–Crippen MR) is 69.6 cm³/mol. The Morgan fingerprint density at radius 3 is 2.10 bits per heavy atom. The number of carbonyl (C=O) groups excluding carboxylic acids is 1. The van der Waals surface area contributed by atoms with E-state index in [1.54, 1.807) is 13.8 Å².